The van der Waals surface area contributed by atoms with Crippen molar-refractivity contribution in [1.29, 1.82) is 0 Å². The zero-order valence-corrected chi connectivity index (χ0v) is 13.6. The van der Waals surface area contributed by atoms with Crippen LogP contribution in [0.3, 0.4) is 0 Å². The Bertz CT molecular complexity index is 440. The van der Waals surface area contributed by atoms with Gasteiger partial charge in [0, 0.05) is 13.1 Å². The molecule has 0 atom stereocenters. The van der Waals surface area contributed by atoms with E-state index < -0.39 is 11.4 Å². The van der Waals surface area contributed by atoms with Crippen LogP contribution in [0.2, 0.25) is 0 Å². The van der Waals surface area contributed by atoms with Crippen LogP contribution >= 0.6 is 27.3 Å². The van der Waals surface area contributed by atoms with Gasteiger partial charge in [0.1, 0.15) is 0 Å². The second-order valence-electron chi connectivity index (χ2n) is 5.58. The molecule has 0 aromatic carbocycles. The molecule has 5 heteroatoms. The summed E-state index contributed by atoms with van der Waals surface area (Å²) in [5, 5.41) is 11.7. The molecule has 0 spiro atoms. The highest BCUT2D eigenvalue weighted by atomic mass is 79.9. The van der Waals surface area contributed by atoms with Gasteiger partial charge in [0.2, 0.25) is 0 Å². The van der Waals surface area contributed by atoms with E-state index in [1.165, 1.54) is 12.0 Å². The van der Waals surface area contributed by atoms with E-state index in [1.54, 1.807) is 11.3 Å². The van der Waals surface area contributed by atoms with Gasteiger partial charge in [0.25, 0.3) is 0 Å². The molecule has 0 aliphatic heterocycles. The van der Waals surface area contributed by atoms with E-state index in [2.05, 4.69) is 32.3 Å². The summed E-state index contributed by atoms with van der Waals surface area (Å²) in [5.74, 6) is -0.620. The third-order valence-electron chi connectivity index (χ3n) is 3.91. The van der Waals surface area contributed by atoms with Crippen molar-refractivity contribution in [3.05, 3.63) is 20.8 Å². The molecule has 3 nitrogen and oxygen atoms in total. The molecule has 1 fully saturated rings. The lowest BCUT2D eigenvalue weighted by atomic mass is 9.73. The number of thiophene rings is 1. The molecule has 2 rings (SSSR count). The lowest BCUT2D eigenvalue weighted by Crippen LogP contribution is -2.43. The number of carbonyl (C=O) groups is 1. The van der Waals surface area contributed by atoms with Crippen LogP contribution in [0, 0.1) is 5.41 Å². The van der Waals surface area contributed by atoms with Crippen LogP contribution in [0.4, 0.5) is 0 Å². The highest BCUT2D eigenvalue weighted by molar-refractivity contribution is 9.11. The summed E-state index contributed by atoms with van der Waals surface area (Å²) in [5.41, 5.74) is 0.719. The Morgan fingerprint density at radius 1 is 1.47 bits per heavy atom. The normalized spacial score (nSPS) is 18.7. The second kappa shape index (κ2) is 6.37. The van der Waals surface area contributed by atoms with Crippen molar-refractivity contribution in [3.8, 4) is 0 Å². The van der Waals surface area contributed by atoms with E-state index in [0.717, 1.165) is 36.0 Å². The first-order valence-electron chi connectivity index (χ1n) is 6.67. The standard InChI is InChI=1S/C14H20BrNO2S/c1-16(8-11-7-12(15)19-9-11)10-14(13(17)18)5-3-2-4-6-14/h7,9H,2-6,8,10H2,1H3,(H,17,18). The van der Waals surface area contributed by atoms with Crippen LogP contribution in [0.15, 0.2) is 15.2 Å². The average Bonchev–Trinajstić information content (AvgIpc) is 2.75. The molecule has 1 aliphatic carbocycles. The Labute approximate surface area is 126 Å². The molecule has 0 unspecified atom stereocenters. The minimum Gasteiger partial charge on any atom is -0.481 e. The van der Waals surface area contributed by atoms with E-state index in [1.807, 2.05) is 7.05 Å². The Balaban J connectivity index is 1.98. The average molecular weight is 346 g/mol. The number of halogens is 1. The summed E-state index contributed by atoms with van der Waals surface area (Å²) in [4.78, 5) is 13.8. The molecule has 1 saturated carbocycles. The van der Waals surface area contributed by atoms with Gasteiger partial charge in [0.05, 0.1) is 9.20 Å². The van der Waals surface area contributed by atoms with E-state index in [0.29, 0.717) is 6.54 Å². The molecule has 0 radical (unpaired) electrons. The van der Waals surface area contributed by atoms with Gasteiger partial charge in [-0.15, -0.1) is 11.3 Å². The fourth-order valence-electron chi connectivity index (χ4n) is 2.98. The molecule has 0 bridgehead atoms. The molecule has 1 aliphatic rings. The fourth-order valence-corrected chi connectivity index (χ4v) is 4.18. The summed E-state index contributed by atoms with van der Waals surface area (Å²) < 4.78 is 1.13. The molecule has 106 valence electrons. The summed E-state index contributed by atoms with van der Waals surface area (Å²) in [6.45, 7) is 1.47. The molecule has 1 heterocycles. The lowest BCUT2D eigenvalue weighted by Gasteiger charge is -2.36. The molecule has 0 amide bonds. The largest absolute Gasteiger partial charge is 0.481 e. The molecular formula is C14H20BrNO2S. The zero-order chi connectivity index (χ0) is 13.9. The van der Waals surface area contributed by atoms with Gasteiger partial charge in [-0.2, -0.15) is 0 Å². The zero-order valence-electron chi connectivity index (χ0n) is 11.2. The van der Waals surface area contributed by atoms with Gasteiger partial charge in [0.15, 0.2) is 0 Å². The number of hydrogen-bond acceptors (Lipinski definition) is 3. The predicted octanol–water partition coefficient (Wildman–Crippen LogP) is 3.98. The van der Waals surface area contributed by atoms with Gasteiger partial charge in [-0.1, -0.05) is 19.3 Å². The minimum absolute atomic E-state index is 0.528. The summed E-state index contributed by atoms with van der Waals surface area (Å²) in [6, 6.07) is 2.11. The van der Waals surface area contributed by atoms with E-state index in [4.69, 9.17) is 0 Å². The Morgan fingerprint density at radius 3 is 2.68 bits per heavy atom. The van der Waals surface area contributed by atoms with Crippen molar-refractivity contribution in [1.82, 2.24) is 4.90 Å². The van der Waals surface area contributed by atoms with Gasteiger partial charge in [-0.25, -0.2) is 0 Å². The minimum atomic E-state index is -0.620. The summed E-state index contributed by atoms with van der Waals surface area (Å²) in [7, 11) is 2.02. The van der Waals surface area contributed by atoms with Crippen LogP contribution < -0.4 is 0 Å². The lowest BCUT2D eigenvalue weighted by molar-refractivity contribution is -0.152. The van der Waals surface area contributed by atoms with E-state index in [-0.39, 0.29) is 0 Å². The molecule has 1 aromatic heterocycles. The van der Waals surface area contributed by atoms with Crippen molar-refractivity contribution in [2.24, 2.45) is 5.41 Å². The number of nitrogens with zero attached hydrogens (tertiary/aromatic N) is 1. The van der Waals surface area contributed by atoms with Gasteiger partial charge in [-0.3, -0.25) is 4.79 Å². The first-order chi connectivity index (χ1) is 9.02. The third-order valence-corrected chi connectivity index (χ3v) is 5.46. The van der Waals surface area contributed by atoms with Crippen LogP contribution in [0.5, 0.6) is 0 Å². The van der Waals surface area contributed by atoms with Crippen LogP contribution in [0.1, 0.15) is 37.7 Å². The maximum absolute atomic E-state index is 11.6. The topological polar surface area (TPSA) is 40.5 Å². The number of rotatable bonds is 5. The van der Waals surface area contributed by atoms with Crippen LogP contribution in [-0.4, -0.2) is 29.6 Å². The quantitative estimate of drug-likeness (QED) is 0.877. The Morgan fingerprint density at radius 2 is 2.16 bits per heavy atom. The number of hydrogen-bond donors (Lipinski definition) is 1. The molecule has 0 saturated heterocycles. The number of aliphatic carboxylic acids is 1. The molecular weight excluding hydrogens is 326 g/mol. The number of carboxylic acids is 1. The Kier molecular flexibility index (Phi) is 5.03. The van der Waals surface area contributed by atoms with E-state index in [9.17, 15) is 9.90 Å². The van der Waals surface area contributed by atoms with Crippen molar-refractivity contribution in [2.45, 2.75) is 38.6 Å². The Hall–Kier alpha value is -0.390. The maximum Gasteiger partial charge on any atom is 0.310 e. The first kappa shape index (κ1) is 15.0. The van der Waals surface area contributed by atoms with Gasteiger partial charge >= 0.3 is 5.97 Å². The second-order valence-corrected chi connectivity index (χ2v) is 7.87. The highest BCUT2D eigenvalue weighted by Crippen LogP contribution is 2.37. The molecule has 1 aromatic rings. The van der Waals surface area contributed by atoms with Gasteiger partial charge < -0.3 is 10.0 Å². The fraction of sp³-hybridized carbons (Fsp3) is 0.643. The molecule has 1 N–H and O–H groups in total. The first-order valence-corrected chi connectivity index (χ1v) is 8.34. The predicted molar refractivity (Wildman–Crippen MR) is 81.5 cm³/mol. The maximum atomic E-state index is 11.6. The van der Waals surface area contributed by atoms with Crippen LogP contribution in [-0.2, 0) is 11.3 Å². The van der Waals surface area contributed by atoms with Crippen molar-refractivity contribution >= 4 is 33.2 Å². The van der Waals surface area contributed by atoms with E-state index >= 15 is 0 Å². The highest BCUT2D eigenvalue weighted by Gasteiger charge is 2.40. The smallest absolute Gasteiger partial charge is 0.310 e. The van der Waals surface area contributed by atoms with Crippen molar-refractivity contribution in [2.75, 3.05) is 13.6 Å². The van der Waals surface area contributed by atoms with Crippen LogP contribution in [0.25, 0.3) is 0 Å². The van der Waals surface area contributed by atoms with Crippen molar-refractivity contribution in [3.63, 3.8) is 0 Å². The SMILES string of the molecule is CN(Cc1csc(Br)c1)CC1(C(=O)O)CCCCC1. The monoisotopic (exact) mass is 345 g/mol. The summed E-state index contributed by atoms with van der Waals surface area (Å²) >= 11 is 5.13. The molecule has 19 heavy (non-hydrogen) atoms. The van der Waals surface area contributed by atoms with Gasteiger partial charge in [-0.05, 0) is 52.8 Å². The number of carboxylic acid groups (broad SMARTS) is 1. The third kappa shape index (κ3) is 3.80. The van der Waals surface area contributed by atoms with Crippen molar-refractivity contribution < 1.29 is 9.90 Å². The summed E-state index contributed by atoms with van der Waals surface area (Å²) in [6.07, 6.45) is 4.91.